The summed E-state index contributed by atoms with van der Waals surface area (Å²) in [5, 5.41) is 0. The van der Waals surface area contributed by atoms with Gasteiger partial charge in [0.2, 0.25) is 0 Å². The van der Waals surface area contributed by atoms with Crippen LogP contribution in [0, 0.1) is 12.7 Å². The molecule has 1 atom stereocenters. The summed E-state index contributed by atoms with van der Waals surface area (Å²) in [7, 11) is 0. The molecule has 6 heteroatoms. The van der Waals surface area contributed by atoms with Crippen LogP contribution in [0.1, 0.15) is 55.8 Å². The molecule has 31 heavy (non-hydrogen) atoms. The maximum absolute atomic E-state index is 13.3. The topological polar surface area (TPSA) is 48.8 Å². The number of rotatable bonds is 6. The number of benzene rings is 1. The zero-order valence-electron chi connectivity index (χ0n) is 18.6. The molecule has 2 aliphatic rings. The van der Waals surface area contributed by atoms with Crippen molar-refractivity contribution >= 4 is 11.7 Å². The first kappa shape index (κ1) is 21.6. The van der Waals surface area contributed by atoms with Crippen molar-refractivity contribution in [3.8, 4) is 0 Å². The van der Waals surface area contributed by atoms with Gasteiger partial charge in [0.05, 0.1) is 0 Å². The summed E-state index contributed by atoms with van der Waals surface area (Å²) < 4.78 is 13.3. The molecule has 1 aromatic carbocycles. The van der Waals surface area contributed by atoms with Gasteiger partial charge in [0.25, 0.3) is 5.91 Å². The van der Waals surface area contributed by atoms with Crippen LogP contribution in [-0.2, 0) is 10.3 Å². The van der Waals surface area contributed by atoms with Crippen LogP contribution in [0.3, 0.4) is 0 Å². The monoisotopic (exact) mass is 422 g/mol. The Kier molecular flexibility index (Phi) is 6.19. The predicted octanol–water partition coefficient (Wildman–Crippen LogP) is 4.27. The second-order valence-electron chi connectivity index (χ2n) is 8.90. The number of amides is 1. The molecular weight excluding hydrogens is 391 g/mol. The molecule has 164 valence electrons. The highest BCUT2D eigenvalue weighted by Gasteiger charge is 2.44. The molecular formula is C25H31FN4O. The number of carbonyl (C=O) groups excluding carboxylic acids is 1. The largest absolute Gasteiger partial charge is 0.303 e. The summed E-state index contributed by atoms with van der Waals surface area (Å²) in [5.74, 6) is 0.998. The summed E-state index contributed by atoms with van der Waals surface area (Å²) >= 11 is 0. The first-order valence-corrected chi connectivity index (χ1v) is 11.2. The van der Waals surface area contributed by atoms with Gasteiger partial charge < -0.3 is 4.90 Å². The highest BCUT2D eigenvalue weighted by Crippen LogP contribution is 2.33. The van der Waals surface area contributed by atoms with Crippen molar-refractivity contribution in [1.29, 1.82) is 0 Å². The Hall–Kier alpha value is -2.60. The molecule has 2 aromatic rings. The fourth-order valence-electron chi connectivity index (χ4n) is 4.73. The molecule has 1 fully saturated rings. The average molecular weight is 423 g/mol. The van der Waals surface area contributed by atoms with Gasteiger partial charge in [-0.05, 0) is 94.9 Å². The van der Waals surface area contributed by atoms with E-state index in [1.807, 2.05) is 27.0 Å². The predicted molar refractivity (Wildman–Crippen MR) is 121 cm³/mol. The molecule has 0 unspecified atom stereocenters. The van der Waals surface area contributed by atoms with Crippen molar-refractivity contribution in [3.05, 3.63) is 65.2 Å². The van der Waals surface area contributed by atoms with Gasteiger partial charge in [-0.1, -0.05) is 18.2 Å². The molecule has 0 aliphatic carbocycles. The van der Waals surface area contributed by atoms with Crippen molar-refractivity contribution in [2.75, 3.05) is 26.2 Å². The summed E-state index contributed by atoms with van der Waals surface area (Å²) in [4.78, 5) is 26.5. The Morgan fingerprint density at radius 3 is 2.42 bits per heavy atom. The van der Waals surface area contributed by atoms with Crippen LogP contribution < -0.4 is 0 Å². The van der Waals surface area contributed by atoms with E-state index in [9.17, 15) is 9.18 Å². The number of aryl methyl sites for hydroxylation is 1. The highest BCUT2D eigenvalue weighted by molar-refractivity contribution is 6.07. The Labute approximate surface area is 184 Å². The van der Waals surface area contributed by atoms with Gasteiger partial charge >= 0.3 is 0 Å². The van der Waals surface area contributed by atoms with Gasteiger partial charge in [0.15, 0.2) is 5.54 Å². The fraction of sp³-hybridized carbons (Fsp3) is 0.480. The number of hydrogen-bond acceptors (Lipinski definition) is 4. The number of aliphatic imine (C=N–C) groups is 1. The number of nitrogens with zero attached hydrogens (tertiary/aromatic N) is 4. The SMILES string of the molecule is CC1=N[C@](C)(c2ccc(F)cc2)C(=O)N1CCCN1CCC(c2ccc(C)nc2)CC1. The first-order valence-electron chi connectivity index (χ1n) is 11.2. The quantitative estimate of drug-likeness (QED) is 0.698. The van der Waals surface area contributed by atoms with E-state index in [0.717, 1.165) is 56.0 Å². The van der Waals surface area contributed by atoms with Crippen molar-refractivity contribution in [1.82, 2.24) is 14.8 Å². The second-order valence-corrected chi connectivity index (χ2v) is 8.90. The molecule has 0 saturated carbocycles. The Bertz CT molecular complexity index is 948. The smallest absolute Gasteiger partial charge is 0.260 e. The summed E-state index contributed by atoms with van der Waals surface area (Å²) in [5.41, 5.74) is 2.18. The fourth-order valence-corrected chi connectivity index (χ4v) is 4.73. The van der Waals surface area contributed by atoms with Crippen LogP contribution in [0.5, 0.6) is 0 Å². The lowest BCUT2D eigenvalue weighted by atomic mass is 9.90. The van der Waals surface area contributed by atoms with Gasteiger partial charge in [-0.25, -0.2) is 4.39 Å². The zero-order valence-corrected chi connectivity index (χ0v) is 18.6. The summed E-state index contributed by atoms with van der Waals surface area (Å²) in [6.45, 7) is 9.51. The third kappa shape index (κ3) is 4.54. The lowest BCUT2D eigenvalue weighted by Gasteiger charge is -2.32. The van der Waals surface area contributed by atoms with Gasteiger partial charge in [0.1, 0.15) is 11.7 Å². The molecule has 2 aliphatic heterocycles. The van der Waals surface area contributed by atoms with Gasteiger partial charge in [0, 0.05) is 18.4 Å². The number of halogens is 1. The van der Waals surface area contributed by atoms with E-state index in [4.69, 9.17) is 0 Å². The Balaban J connectivity index is 1.27. The van der Waals surface area contributed by atoms with E-state index in [1.54, 1.807) is 17.0 Å². The lowest BCUT2D eigenvalue weighted by Crippen LogP contribution is -2.41. The van der Waals surface area contributed by atoms with E-state index < -0.39 is 5.54 Å². The van der Waals surface area contributed by atoms with Crippen LogP contribution >= 0.6 is 0 Å². The molecule has 1 amide bonds. The third-order valence-electron chi connectivity index (χ3n) is 6.69. The normalized spacial score (nSPS) is 22.8. The lowest BCUT2D eigenvalue weighted by molar-refractivity contribution is -0.131. The maximum atomic E-state index is 13.3. The van der Waals surface area contributed by atoms with Crippen molar-refractivity contribution < 1.29 is 9.18 Å². The Morgan fingerprint density at radius 1 is 1.06 bits per heavy atom. The highest BCUT2D eigenvalue weighted by atomic mass is 19.1. The molecule has 4 rings (SSSR count). The molecule has 0 bridgehead atoms. The zero-order chi connectivity index (χ0) is 22.0. The standard InChI is InChI=1S/C25H31FN4O/c1-18-5-6-21(17-27-18)20-11-15-29(16-12-20)13-4-14-30-19(2)28-25(3,24(30)31)22-7-9-23(26)10-8-22/h5-10,17,20H,4,11-16H2,1-3H3/t25-/m1/s1. The van der Waals surface area contributed by atoms with Gasteiger partial charge in [-0.2, -0.15) is 0 Å². The van der Waals surface area contributed by atoms with Crippen LogP contribution in [0.25, 0.3) is 0 Å². The van der Waals surface area contributed by atoms with Gasteiger partial charge in [-0.15, -0.1) is 0 Å². The van der Waals surface area contributed by atoms with E-state index in [2.05, 4.69) is 27.0 Å². The van der Waals surface area contributed by atoms with E-state index in [0.29, 0.717) is 12.5 Å². The minimum Gasteiger partial charge on any atom is -0.303 e. The van der Waals surface area contributed by atoms with E-state index in [1.165, 1.54) is 17.7 Å². The number of carbonyl (C=O) groups is 1. The number of likely N-dealkylation sites (tertiary alicyclic amines) is 1. The number of pyridine rings is 1. The molecule has 1 aromatic heterocycles. The minimum atomic E-state index is -0.960. The average Bonchev–Trinajstić information content (AvgIpc) is 2.99. The number of amidine groups is 1. The van der Waals surface area contributed by atoms with E-state index >= 15 is 0 Å². The molecule has 3 heterocycles. The van der Waals surface area contributed by atoms with Crippen LogP contribution in [0.4, 0.5) is 4.39 Å². The van der Waals surface area contributed by atoms with E-state index in [-0.39, 0.29) is 11.7 Å². The molecule has 0 spiro atoms. The van der Waals surface area contributed by atoms with Crippen LogP contribution in [-0.4, -0.2) is 52.7 Å². The van der Waals surface area contributed by atoms with Crippen molar-refractivity contribution in [2.24, 2.45) is 4.99 Å². The van der Waals surface area contributed by atoms with Gasteiger partial charge in [-0.3, -0.25) is 19.7 Å². The summed E-state index contributed by atoms with van der Waals surface area (Å²) in [6, 6.07) is 10.4. The van der Waals surface area contributed by atoms with Crippen LogP contribution in [0.15, 0.2) is 47.6 Å². The number of hydrogen-bond donors (Lipinski definition) is 0. The molecule has 5 nitrogen and oxygen atoms in total. The summed E-state index contributed by atoms with van der Waals surface area (Å²) in [6.07, 6.45) is 5.23. The molecule has 0 N–H and O–H groups in total. The van der Waals surface area contributed by atoms with Crippen LogP contribution in [0.2, 0.25) is 0 Å². The van der Waals surface area contributed by atoms with Crippen molar-refractivity contribution in [2.45, 2.75) is 51.5 Å². The maximum Gasteiger partial charge on any atom is 0.260 e. The Morgan fingerprint density at radius 2 is 1.77 bits per heavy atom. The second kappa shape index (κ2) is 8.87. The number of piperidine rings is 1. The first-order chi connectivity index (χ1) is 14.9. The third-order valence-corrected chi connectivity index (χ3v) is 6.69. The number of aromatic nitrogens is 1. The molecule has 0 radical (unpaired) electrons. The van der Waals surface area contributed by atoms with Crippen molar-refractivity contribution in [3.63, 3.8) is 0 Å². The molecule has 1 saturated heterocycles. The minimum absolute atomic E-state index is 0.0258.